The average Bonchev–Trinajstić information content (AvgIpc) is 3.58. The maximum atomic E-state index is 12.4. The number of likely N-dealkylation sites (tertiary alicyclic amines) is 1. The molecule has 6 rings (SSSR count). The minimum Gasteiger partial charge on any atom is -0.395 e. The van der Waals surface area contributed by atoms with Gasteiger partial charge in [-0.25, -0.2) is 4.79 Å². The molecule has 4 aromatic carbocycles. The van der Waals surface area contributed by atoms with Crippen molar-refractivity contribution in [3.63, 3.8) is 0 Å². The Morgan fingerprint density at radius 3 is 2.21 bits per heavy atom. The zero-order valence-electron chi connectivity index (χ0n) is 26.9. The van der Waals surface area contributed by atoms with E-state index < -0.39 is 6.29 Å². The molecule has 2 aliphatic rings. The van der Waals surface area contributed by atoms with Crippen molar-refractivity contribution < 1.29 is 24.5 Å². The Bertz CT molecular complexity index is 1580. The summed E-state index contributed by atoms with van der Waals surface area (Å²) in [5, 5.41) is 25.4. The zero-order valence-corrected chi connectivity index (χ0v) is 26.9. The molecule has 0 unspecified atom stereocenters. The first kappa shape index (κ1) is 32.9. The van der Waals surface area contributed by atoms with Crippen LogP contribution >= 0.6 is 0 Å². The number of carbonyl (C=O) groups excluding carboxylic acids is 1. The largest absolute Gasteiger partial charge is 0.395 e. The van der Waals surface area contributed by atoms with Crippen LogP contribution in [-0.4, -0.2) is 53.0 Å². The highest BCUT2D eigenvalue weighted by atomic mass is 16.7. The number of urea groups is 1. The van der Waals surface area contributed by atoms with E-state index in [-0.39, 0.29) is 43.4 Å². The molecule has 4 aromatic rings. The fourth-order valence-electron chi connectivity index (χ4n) is 6.62. The van der Waals surface area contributed by atoms with Crippen LogP contribution in [0.3, 0.4) is 0 Å². The van der Waals surface area contributed by atoms with Crippen molar-refractivity contribution in [3.05, 3.63) is 131 Å². The summed E-state index contributed by atoms with van der Waals surface area (Å²) in [7, 11) is 0. The lowest BCUT2D eigenvalue weighted by molar-refractivity contribution is -0.276. The third kappa shape index (κ3) is 8.27. The lowest BCUT2D eigenvalue weighted by Gasteiger charge is -2.43. The van der Waals surface area contributed by atoms with Crippen molar-refractivity contribution in [2.24, 2.45) is 5.92 Å². The van der Waals surface area contributed by atoms with Crippen molar-refractivity contribution in [1.29, 1.82) is 0 Å². The number of ether oxygens (including phenoxy) is 2. The summed E-state index contributed by atoms with van der Waals surface area (Å²) in [6.07, 6.45) is 1.27. The number of hydrogen-bond donors (Lipinski definition) is 4. The molecule has 5 atom stereocenters. The van der Waals surface area contributed by atoms with Crippen LogP contribution in [0.25, 0.3) is 11.1 Å². The Balaban J connectivity index is 1.14. The Hall–Kier alpha value is -4.05. The molecule has 2 fully saturated rings. The van der Waals surface area contributed by atoms with Crippen LogP contribution in [-0.2, 0) is 29.2 Å². The van der Waals surface area contributed by atoms with Crippen molar-refractivity contribution in [2.45, 2.75) is 64.0 Å². The maximum absolute atomic E-state index is 12.4. The monoisotopic (exact) mass is 635 g/mol. The first-order valence-corrected chi connectivity index (χ1v) is 16.6. The van der Waals surface area contributed by atoms with Crippen LogP contribution in [0.5, 0.6) is 0 Å². The molecule has 0 bridgehead atoms. The number of nitrogens with one attached hydrogen (secondary N) is 2. The second kappa shape index (κ2) is 15.7. The van der Waals surface area contributed by atoms with Gasteiger partial charge in [0.2, 0.25) is 0 Å². The topological polar surface area (TPSA) is 103 Å². The first-order chi connectivity index (χ1) is 23.0. The minimum atomic E-state index is -0.548. The number of amides is 2. The second-order valence-corrected chi connectivity index (χ2v) is 12.6. The van der Waals surface area contributed by atoms with Gasteiger partial charge < -0.3 is 30.3 Å². The number of hydrogen-bond acceptors (Lipinski definition) is 6. The molecule has 2 amide bonds. The van der Waals surface area contributed by atoms with Gasteiger partial charge in [0.05, 0.1) is 25.4 Å². The highest BCUT2D eigenvalue weighted by Crippen LogP contribution is 2.42. The van der Waals surface area contributed by atoms with E-state index in [1.807, 2.05) is 66.7 Å². The third-order valence-electron chi connectivity index (χ3n) is 9.44. The molecule has 2 aliphatic heterocycles. The molecular formula is C39H45N3O5. The average molecular weight is 636 g/mol. The van der Waals surface area contributed by atoms with E-state index in [9.17, 15) is 15.0 Å². The van der Waals surface area contributed by atoms with E-state index >= 15 is 0 Å². The Labute approximate surface area is 277 Å². The molecule has 47 heavy (non-hydrogen) atoms. The number of nitrogens with zero attached hydrogens (tertiary/aromatic N) is 1. The van der Waals surface area contributed by atoms with E-state index in [2.05, 4.69) is 58.9 Å². The predicted octanol–water partition coefficient (Wildman–Crippen LogP) is 6.09. The number of aliphatic hydroxyl groups excluding tert-OH is 2. The van der Waals surface area contributed by atoms with Crippen molar-refractivity contribution in [3.8, 4) is 11.1 Å². The highest BCUT2D eigenvalue weighted by molar-refractivity contribution is 5.74. The van der Waals surface area contributed by atoms with Gasteiger partial charge in [-0.15, -0.1) is 0 Å². The highest BCUT2D eigenvalue weighted by Gasteiger charge is 2.40. The van der Waals surface area contributed by atoms with E-state index in [4.69, 9.17) is 9.47 Å². The standard InChI is InChI=1S/C39H45N3O5/c1-27-36(24-42-20-6-11-35(42)26-44)46-38(47-37(27)32-14-12-29(25-43)13-15-32)33-18-16-31(17-19-33)34-10-5-9-30(21-34)23-41-39(45)40-22-28-7-3-2-4-8-28/h2-5,7-10,12-19,21,27,35-38,43-44H,6,11,20,22-26H2,1H3,(H2,40,41,45)/t27-,35-,36+,37+,38+/m0/s1. The van der Waals surface area contributed by atoms with Gasteiger partial charge in [-0.05, 0) is 58.8 Å². The number of carbonyl (C=O) groups is 1. The fraction of sp³-hybridized carbons (Fsp3) is 0.359. The Kier molecular flexibility index (Phi) is 11.0. The van der Waals surface area contributed by atoms with E-state index in [0.717, 1.165) is 64.9 Å². The Morgan fingerprint density at radius 1 is 0.787 bits per heavy atom. The van der Waals surface area contributed by atoms with Gasteiger partial charge in [0.15, 0.2) is 6.29 Å². The summed E-state index contributed by atoms with van der Waals surface area (Å²) >= 11 is 0. The predicted molar refractivity (Wildman–Crippen MR) is 182 cm³/mol. The van der Waals surface area contributed by atoms with Gasteiger partial charge in [0.25, 0.3) is 0 Å². The zero-order chi connectivity index (χ0) is 32.6. The molecule has 0 aromatic heterocycles. The van der Waals surface area contributed by atoms with Crippen LogP contribution in [0.1, 0.15) is 60.0 Å². The van der Waals surface area contributed by atoms with Gasteiger partial charge in [0, 0.05) is 37.2 Å². The normalized spacial score (nSPS) is 23.0. The van der Waals surface area contributed by atoms with Crippen LogP contribution in [0.15, 0.2) is 103 Å². The number of benzene rings is 4. The summed E-state index contributed by atoms with van der Waals surface area (Å²) in [6, 6.07) is 34.2. The van der Waals surface area contributed by atoms with E-state index in [0.29, 0.717) is 13.1 Å². The molecular weight excluding hydrogens is 590 g/mol. The van der Waals surface area contributed by atoms with Gasteiger partial charge >= 0.3 is 6.03 Å². The molecule has 2 saturated heterocycles. The molecule has 0 radical (unpaired) electrons. The lowest BCUT2D eigenvalue weighted by atomic mass is 9.89. The Morgan fingerprint density at radius 2 is 1.49 bits per heavy atom. The molecule has 246 valence electrons. The lowest BCUT2D eigenvalue weighted by Crippen LogP contribution is -2.46. The first-order valence-electron chi connectivity index (χ1n) is 16.6. The molecule has 8 heteroatoms. The third-order valence-corrected chi connectivity index (χ3v) is 9.44. The summed E-state index contributed by atoms with van der Waals surface area (Å²) in [5.41, 5.74) is 7.05. The van der Waals surface area contributed by atoms with Gasteiger partial charge in [-0.1, -0.05) is 104 Å². The van der Waals surface area contributed by atoms with Crippen molar-refractivity contribution in [2.75, 3.05) is 19.7 Å². The summed E-state index contributed by atoms with van der Waals surface area (Å²) in [4.78, 5) is 14.7. The van der Waals surface area contributed by atoms with Gasteiger partial charge in [-0.3, -0.25) is 4.90 Å². The summed E-state index contributed by atoms with van der Waals surface area (Å²) < 4.78 is 13.3. The van der Waals surface area contributed by atoms with Crippen LogP contribution in [0.4, 0.5) is 4.79 Å². The van der Waals surface area contributed by atoms with E-state index in [1.54, 1.807) is 0 Å². The SMILES string of the molecule is C[C@H]1[C@@H](CN2CCC[C@H]2CO)O[C@@H](c2ccc(-c3cccc(CNC(=O)NCc4ccccc4)c3)cc2)O[C@H]1c1ccc(CO)cc1. The molecule has 8 nitrogen and oxygen atoms in total. The number of rotatable bonds is 11. The van der Waals surface area contributed by atoms with Crippen LogP contribution in [0, 0.1) is 5.92 Å². The van der Waals surface area contributed by atoms with Crippen molar-refractivity contribution in [1.82, 2.24) is 15.5 Å². The summed E-state index contributed by atoms with van der Waals surface area (Å²) in [6.45, 7) is 4.93. The molecule has 0 saturated carbocycles. The quantitative estimate of drug-likeness (QED) is 0.159. The molecule has 0 spiro atoms. The van der Waals surface area contributed by atoms with Crippen LogP contribution < -0.4 is 10.6 Å². The summed E-state index contributed by atoms with van der Waals surface area (Å²) in [5.74, 6) is 0.0854. The van der Waals surface area contributed by atoms with Crippen molar-refractivity contribution >= 4 is 6.03 Å². The van der Waals surface area contributed by atoms with E-state index in [1.165, 1.54) is 0 Å². The second-order valence-electron chi connectivity index (χ2n) is 12.6. The van der Waals surface area contributed by atoms with Gasteiger partial charge in [-0.2, -0.15) is 0 Å². The molecule has 2 heterocycles. The minimum absolute atomic E-state index is 0.00306. The van der Waals surface area contributed by atoms with Gasteiger partial charge in [0.1, 0.15) is 0 Å². The fourth-order valence-corrected chi connectivity index (χ4v) is 6.62. The maximum Gasteiger partial charge on any atom is 0.315 e. The number of aliphatic hydroxyl groups is 2. The smallest absolute Gasteiger partial charge is 0.315 e. The van der Waals surface area contributed by atoms with Crippen LogP contribution in [0.2, 0.25) is 0 Å². The molecule has 4 N–H and O–H groups in total. The molecule has 0 aliphatic carbocycles.